The predicted octanol–water partition coefficient (Wildman–Crippen LogP) is 1.62. The molecule has 19 heavy (non-hydrogen) atoms. The van der Waals surface area contributed by atoms with Gasteiger partial charge in [-0.15, -0.1) is 0 Å². The molecule has 104 valence electrons. The summed E-state index contributed by atoms with van der Waals surface area (Å²) in [6, 6.07) is 4.24. The summed E-state index contributed by atoms with van der Waals surface area (Å²) in [5.41, 5.74) is 0.393. The lowest BCUT2D eigenvalue weighted by Crippen LogP contribution is -2.34. The minimum atomic E-state index is -0.413. The van der Waals surface area contributed by atoms with Crippen LogP contribution in [-0.4, -0.2) is 26.1 Å². The highest BCUT2D eigenvalue weighted by atomic mass is 19.1. The summed E-state index contributed by atoms with van der Waals surface area (Å²) in [5.74, 6) is 0.0251. The lowest BCUT2D eigenvalue weighted by molar-refractivity contribution is -0.125. The average molecular weight is 266 g/mol. The van der Waals surface area contributed by atoms with E-state index in [-0.39, 0.29) is 17.6 Å². The zero-order chi connectivity index (χ0) is 13.8. The normalized spacial score (nSPS) is 20.1. The van der Waals surface area contributed by atoms with Gasteiger partial charge in [-0.25, -0.2) is 4.39 Å². The summed E-state index contributed by atoms with van der Waals surface area (Å²) in [7, 11) is 1.49. The fourth-order valence-electron chi connectivity index (χ4n) is 2.40. The fraction of sp³-hybridized carbons (Fsp3) is 0.500. The van der Waals surface area contributed by atoms with Crippen LogP contribution < -0.4 is 15.4 Å². The highest BCUT2D eigenvalue weighted by molar-refractivity contribution is 5.79. The number of halogens is 1. The van der Waals surface area contributed by atoms with E-state index in [0.717, 1.165) is 13.0 Å². The number of hydrogen-bond acceptors (Lipinski definition) is 3. The molecule has 0 aliphatic carbocycles. The van der Waals surface area contributed by atoms with Gasteiger partial charge in [-0.2, -0.15) is 0 Å². The highest BCUT2D eigenvalue weighted by Gasteiger charge is 2.25. The van der Waals surface area contributed by atoms with Gasteiger partial charge in [-0.1, -0.05) is 6.07 Å². The van der Waals surface area contributed by atoms with E-state index >= 15 is 0 Å². The van der Waals surface area contributed by atoms with Crippen molar-refractivity contribution in [1.29, 1.82) is 0 Å². The van der Waals surface area contributed by atoms with E-state index in [9.17, 15) is 9.18 Å². The number of carbonyl (C=O) groups excluding carboxylic acids is 1. The first-order chi connectivity index (χ1) is 9.13. The van der Waals surface area contributed by atoms with E-state index in [4.69, 9.17) is 4.74 Å². The van der Waals surface area contributed by atoms with Gasteiger partial charge in [0.25, 0.3) is 0 Å². The molecule has 2 N–H and O–H groups in total. The van der Waals surface area contributed by atoms with E-state index < -0.39 is 6.04 Å². The number of hydrogen-bond donors (Lipinski definition) is 2. The largest absolute Gasteiger partial charge is 0.496 e. The summed E-state index contributed by atoms with van der Waals surface area (Å²) < 4.78 is 19.0. The number of rotatable bonds is 4. The van der Waals surface area contributed by atoms with Crippen molar-refractivity contribution < 1.29 is 13.9 Å². The molecule has 0 spiro atoms. The molecule has 1 saturated heterocycles. The van der Waals surface area contributed by atoms with Crippen LogP contribution in [0.2, 0.25) is 0 Å². The van der Waals surface area contributed by atoms with Crippen LogP contribution in [0.15, 0.2) is 18.2 Å². The topological polar surface area (TPSA) is 50.4 Å². The molecule has 0 saturated carbocycles. The SMILES string of the molecule is COc1cccc(F)c1C(C)NC(=O)C1CCNC1. The van der Waals surface area contributed by atoms with Crippen LogP contribution in [0.25, 0.3) is 0 Å². The molecule has 1 amide bonds. The third-order valence-corrected chi connectivity index (χ3v) is 3.46. The molecule has 0 aromatic heterocycles. The summed E-state index contributed by atoms with van der Waals surface area (Å²) >= 11 is 0. The summed E-state index contributed by atoms with van der Waals surface area (Å²) in [4.78, 5) is 12.0. The van der Waals surface area contributed by atoms with Gasteiger partial charge in [0, 0.05) is 6.54 Å². The molecule has 1 fully saturated rings. The molecule has 1 aliphatic rings. The van der Waals surface area contributed by atoms with Gasteiger partial charge >= 0.3 is 0 Å². The number of carbonyl (C=O) groups is 1. The first-order valence-corrected chi connectivity index (χ1v) is 6.47. The van der Waals surface area contributed by atoms with Gasteiger partial charge in [-0.05, 0) is 32.0 Å². The second kappa shape index (κ2) is 6.02. The number of ether oxygens (including phenoxy) is 1. The summed E-state index contributed by atoms with van der Waals surface area (Å²) in [5, 5.41) is 6.00. The zero-order valence-electron chi connectivity index (χ0n) is 11.2. The number of benzene rings is 1. The average Bonchev–Trinajstić information content (AvgIpc) is 2.92. The molecule has 4 nitrogen and oxygen atoms in total. The number of methoxy groups -OCH3 is 1. The zero-order valence-corrected chi connectivity index (χ0v) is 11.2. The molecule has 0 radical (unpaired) electrons. The molecule has 1 heterocycles. The second-order valence-corrected chi connectivity index (χ2v) is 4.78. The second-order valence-electron chi connectivity index (χ2n) is 4.78. The third-order valence-electron chi connectivity index (χ3n) is 3.46. The van der Waals surface area contributed by atoms with Crippen LogP contribution in [-0.2, 0) is 4.79 Å². The van der Waals surface area contributed by atoms with Crippen LogP contribution in [0.4, 0.5) is 4.39 Å². The summed E-state index contributed by atoms with van der Waals surface area (Å²) in [6.07, 6.45) is 0.826. The Morgan fingerprint density at radius 1 is 1.58 bits per heavy atom. The van der Waals surface area contributed by atoms with Crippen LogP contribution in [0.3, 0.4) is 0 Å². The molecular formula is C14H19FN2O2. The van der Waals surface area contributed by atoms with Crippen molar-refractivity contribution in [2.24, 2.45) is 5.92 Å². The van der Waals surface area contributed by atoms with Crippen molar-refractivity contribution in [2.45, 2.75) is 19.4 Å². The van der Waals surface area contributed by atoms with Crippen LogP contribution in [0, 0.1) is 11.7 Å². The van der Waals surface area contributed by atoms with Crippen LogP contribution >= 0.6 is 0 Å². The van der Waals surface area contributed by atoms with Gasteiger partial charge < -0.3 is 15.4 Å². The monoisotopic (exact) mass is 266 g/mol. The van der Waals surface area contributed by atoms with Gasteiger partial charge in [0.2, 0.25) is 5.91 Å². The Hall–Kier alpha value is -1.62. The highest BCUT2D eigenvalue weighted by Crippen LogP contribution is 2.28. The molecule has 1 aromatic carbocycles. The Morgan fingerprint density at radius 3 is 3.00 bits per heavy atom. The quantitative estimate of drug-likeness (QED) is 0.870. The Kier molecular flexibility index (Phi) is 4.37. The van der Waals surface area contributed by atoms with Crippen LogP contribution in [0.5, 0.6) is 5.75 Å². The predicted molar refractivity (Wildman–Crippen MR) is 70.5 cm³/mol. The van der Waals surface area contributed by atoms with E-state index in [1.165, 1.54) is 13.2 Å². The molecule has 5 heteroatoms. The minimum absolute atomic E-state index is 0.0276. The lowest BCUT2D eigenvalue weighted by atomic mass is 10.0. The maximum Gasteiger partial charge on any atom is 0.224 e. The lowest BCUT2D eigenvalue weighted by Gasteiger charge is -2.19. The van der Waals surface area contributed by atoms with Gasteiger partial charge in [0.1, 0.15) is 11.6 Å². The van der Waals surface area contributed by atoms with Gasteiger partial charge in [-0.3, -0.25) is 4.79 Å². The molecular weight excluding hydrogens is 247 g/mol. The van der Waals surface area contributed by atoms with Gasteiger partial charge in [0.15, 0.2) is 0 Å². The van der Waals surface area contributed by atoms with E-state index in [0.29, 0.717) is 17.9 Å². The van der Waals surface area contributed by atoms with Crippen molar-refractivity contribution in [3.05, 3.63) is 29.6 Å². The van der Waals surface area contributed by atoms with Crippen molar-refractivity contribution in [3.8, 4) is 5.75 Å². The molecule has 1 aliphatic heterocycles. The maximum atomic E-state index is 13.9. The Morgan fingerprint density at radius 2 is 2.37 bits per heavy atom. The molecule has 2 rings (SSSR count). The first kappa shape index (κ1) is 13.8. The fourth-order valence-corrected chi connectivity index (χ4v) is 2.40. The van der Waals surface area contributed by atoms with E-state index in [1.807, 2.05) is 0 Å². The Balaban J connectivity index is 2.11. The molecule has 2 atom stereocenters. The van der Waals surface area contributed by atoms with Crippen LogP contribution in [0.1, 0.15) is 24.9 Å². The Bertz CT molecular complexity index is 459. The Labute approximate surface area is 112 Å². The van der Waals surface area contributed by atoms with Crippen molar-refractivity contribution >= 4 is 5.91 Å². The van der Waals surface area contributed by atoms with Crippen molar-refractivity contribution in [1.82, 2.24) is 10.6 Å². The minimum Gasteiger partial charge on any atom is -0.496 e. The van der Waals surface area contributed by atoms with E-state index in [2.05, 4.69) is 10.6 Å². The smallest absolute Gasteiger partial charge is 0.224 e. The van der Waals surface area contributed by atoms with Gasteiger partial charge in [0.05, 0.1) is 24.6 Å². The molecule has 0 bridgehead atoms. The maximum absolute atomic E-state index is 13.9. The van der Waals surface area contributed by atoms with Crippen molar-refractivity contribution in [2.75, 3.05) is 20.2 Å². The van der Waals surface area contributed by atoms with E-state index in [1.54, 1.807) is 19.1 Å². The standard InChI is InChI=1S/C14H19FN2O2/c1-9(17-14(18)10-6-7-16-8-10)13-11(15)4-3-5-12(13)19-2/h3-5,9-10,16H,6-8H2,1-2H3,(H,17,18). The number of amides is 1. The number of nitrogens with one attached hydrogen (secondary N) is 2. The molecule has 2 unspecified atom stereocenters. The first-order valence-electron chi connectivity index (χ1n) is 6.47. The van der Waals surface area contributed by atoms with Crippen molar-refractivity contribution in [3.63, 3.8) is 0 Å². The molecule has 1 aromatic rings. The third kappa shape index (κ3) is 3.04. The summed E-state index contributed by atoms with van der Waals surface area (Å²) in [6.45, 7) is 3.31.